The fourth-order valence-corrected chi connectivity index (χ4v) is 1.40. The summed E-state index contributed by atoms with van der Waals surface area (Å²) in [5.41, 5.74) is 0.681. The van der Waals surface area contributed by atoms with Crippen LogP contribution in [0.3, 0.4) is 0 Å². The van der Waals surface area contributed by atoms with Crippen molar-refractivity contribution in [2.75, 3.05) is 0 Å². The monoisotopic (exact) mass is 212 g/mol. The molecular weight excluding hydrogens is 200 g/mol. The smallest absolute Gasteiger partial charge is 0.135 e. The second kappa shape index (κ2) is 4.58. The second-order valence-electron chi connectivity index (χ2n) is 3.40. The summed E-state index contributed by atoms with van der Waals surface area (Å²) >= 11 is 5.78. The zero-order chi connectivity index (χ0) is 10.7. The van der Waals surface area contributed by atoms with Gasteiger partial charge in [-0.25, -0.2) is 0 Å². The average Bonchev–Trinajstić information content (AvgIpc) is 2.15. The summed E-state index contributed by atoms with van der Waals surface area (Å²) in [5.74, 6) is -0.425. The SMILES string of the molecule is CC(=O)[C@@H](C)[C@H](O)c1cccc(Cl)c1. The van der Waals surface area contributed by atoms with Gasteiger partial charge in [-0.15, -0.1) is 0 Å². The summed E-state index contributed by atoms with van der Waals surface area (Å²) in [6, 6.07) is 6.92. The zero-order valence-electron chi connectivity index (χ0n) is 8.20. The first-order valence-corrected chi connectivity index (χ1v) is 4.84. The standard InChI is InChI=1S/C11H13ClO2/c1-7(8(2)13)11(14)9-4-3-5-10(12)6-9/h3-7,11,14H,1-2H3/t7-,11+/m1/s1. The van der Waals surface area contributed by atoms with Crippen LogP contribution in [-0.2, 0) is 4.79 Å². The fourth-order valence-electron chi connectivity index (χ4n) is 1.20. The molecule has 2 nitrogen and oxygen atoms in total. The highest BCUT2D eigenvalue weighted by Crippen LogP contribution is 2.24. The third-order valence-corrected chi connectivity index (χ3v) is 2.54. The van der Waals surface area contributed by atoms with Gasteiger partial charge in [-0.1, -0.05) is 30.7 Å². The van der Waals surface area contributed by atoms with Gasteiger partial charge in [-0.05, 0) is 24.6 Å². The molecule has 76 valence electrons. The summed E-state index contributed by atoms with van der Waals surface area (Å²) in [5, 5.41) is 10.4. The van der Waals surface area contributed by atoms with Crippen LogP contribution >= 0.6 is 11.6 Å². The molecule has 1 aromatic rings. The molecule has 0 saturated heterocycles. The minimum Gasteiger partial charge on any atom is -0.388 e. The summed E-state index contributed by atoms with van der Waals surface area (Å²) < 4.78 is 0. The molecule has 0 amide bonds. The molecule has 0 aliphatic heterocycles. The van der Waals surface area contributed by atoms with E-state index in [1.54, 1.807) is 31.2 Å². The molecule has 0 aliphatic carbocycles. The average molecular weight is 213 g/mol. The summed E-state index contributed by atoms with van der Waals surface area (Å²) in [4.78, 5) is 11.1. The van der Waals surface area contributed by atoms with E-state index in [0.29, 0.717) is 10.6 Å². The number of carbonyl (C=O) groups excluding carboxylic acids is 1. The van der Waals surface area contributed by atoms with Gasteiger partial charge in [-0.2, -0.15) is 0 Å². The molecule has 14 heavy (non-hydrogen) atoms. The van der Waals surface area contributed by atoms with Crippen LogP contribution < -0.4 is 0 Å². The minimum absolute atomic E-state index is 0.0301. The van der Waals surface area contributed by atoms with Crippen LogP contribution in [0.25, 0.3) is 0 Å². The highest BCUT2D eigenvalue weighted by atomic mass is 35.5. The molecule has 1 aromatic carbocycles. The molecule has 1 rings (SSSR count). The first-order valence-electron chi connectivity index (χ1n) is 4.46. The van der Waals surface area contributed by atoms with Crippen molar-refractivity contribution in [2.45, 2.75) is 20.0 Å². The number of Topliss-reactive ketones (excluding diaryl/α,β-unsaturated/α-hetero) is 1. The second-order valence-corrected chi connectivity index (χ2v) is 3.84. The van der Waals surface area contributed by atoms with Gasteiger partial charge in [0.1, 0.15) is 5.78 Å². The number of ketones is 1. The lowest BCUT2D eigenvalue weighted by atomic mass is 9.94. The molecule has 0 heterocycles. The van der Waals surface area contributed by atoms with Crippen LogP contribution in [0.2, 0.25) is 5.02 Å². The van der Waals surface area contributed by atoms with E-state index < -0.39 is 12.0 Å². The van der Waals surface area contributed by atoms with Crippen LogP contribution in [0, 0.1) is 5.92 Å². The van der Waals surface area contributed by atoms with E-state index in [4.69, 9.17) is 11.6 Å². The van der Waals surface area contributed by atoms with Crippen LogP contribution in [0.15, 0.2) is 24.3 Å². The topological polar surface area (TPSA) is 37.3 Å². The Balaban J connectivity index is 2.89. The van der Waals surface area contributed by atoms with E-state index >= 15 is 0 Å². The molecule has 0 saturated carbocycles. The third kappa shape index (κ3) is 2.56. The van der Waals surface area contributed by atoms with E-state index in [9.17, 15) is 9.90 Å². The predicted octanol–water partition coefficient (Wildman–Crippen LogP) is 2.60. The number of hydrogen-bond donors (Lipinski definition) is 1. The molecule has 0 aromatic heterocycles. The molecule has 0 radical (unpaired) electrons. The number of carbonyl (C=O) groups is 1. The highest BCUT2D eigenvalue weighted by Gasteiger charge is 2.20. The van der Waals surface area contributed by atoms with Crippen molar-refractivity contribution < 1.29 is 9.90 Å². The molecule has 0 unspecified atom stereocenters. The Bertz CT molecular complexity index is 336. The van der Waals surface area contributed by atoms with E-state index in [1.807, 2.05) is 0 Å². The van der Waals surface area contributed by atoms with Crippen molar-refractivity contribution in [1.29, 1.82) is 0 Å². The molecule has 2 atom stereocenters. The number of hydrogen-bond acceptors (Lipinski definition) is 2. The number of rotatable bonds is 3. The van der Waals surface area contributed by atoms with Crippen LogP contribution in [0.4, 0.5) is 0 Å². The van der Waals surface area contributed by atoms with Crippen molar-refractivity contribution in [3.63, 3.8) is 0 Å². The van der Waals surface area contributed by atoms with Gasteiger partial charge in [0.15, 0.2) is 0 Å². The Morgan fingerprint density at radius 1 is 1.50 bits per heavy atom. The third-order valence-electron chi connectivity index (χ3n) is 2.31. The lowest BCUT2D eigenvalue weighted by Gasteiger charge is -2.16. The maximum Gasteiger partial charge on any atom is 0.135 e. The largest absolute Gasteiger partial charge is 0.388 e. The molecule has 1 N–H and O–H groups in total. The lowest BCUT2D eigenvalue weighted by Crippen LogP contribution is -2.16. The van der Waals surface area contributed by atoms with Crippen molar-refractivity contribution >= 4 is 17.4 Å². The van der Waals surface area contributed by atoms with Gasteiger partial charge in [0.2, 0.25) is 0 Å². The van der Waals surface area contributed by atoms with Gasteiger partial charge in [0.05, 0.1) is 6.10 Å². The molecule has 0 fully saturated rings. The van der Waals surface area contributed by atoms with E-state index in [2.05, 4.69) is 0 Å². The minimum atomic E-state index is -0.772. The van der Waals surface area contributed by atoms with Crippen LogP contribution in [0.1, 0.15) is 25.5 Å². The van der Waals surface area contributed by atoms with Crippen molar-refractivity contribution in [3.8, 4) is 0 Å². The van der Waals surface area contributed by atoms with Gasteiger partial charge >= 0.3 is 0 Å². The van der Waals surface area contributed by atoms with Crippen molar-refractivity contribution in [3.05, 3.63) is 34.9 Å². The van der Waals surface area contributed by atoms with E-state index in [0.717, 1.165) is 0 Å². The Morgan fingerprint density at radius 2 is 2.14 bits per heavy atom. The number of aliphatic hydroxyl groups excluding tert-OH is 1. The summed E-state index contributed by atoms with van der Waals surface area (Å²) in [6.45, 7) is 3.17. The number of halogens is 1. The first kappa shape index (κ1) is 11.2. The Morgan fingerprint density at radius 3 is 2.64 bits per heavy atom. The summed E-state index contributed by atoms with van der Waals surface area (Å²) in [7, 11) is 0. The van der Waals surface area contributed by atoms with Crippen molar-refractivity contribution in [1.82, 2.24) is 0 Å². The maximum atomic E-state index is 11.1. The van der Waals surface area contributed by atoms with Gasteiger partial charge < -0.3 is 5.11 Å². The fraction of sp³-hybridized carbons (Fsp3) is 0.364. The highest BCUT2D eigenvalue weighted by molar-refractivity contribution is 6.30. The first-order chi connectivity index (χ1) is 6.52. The van der Waals surface area contributed by atoms with Gasteiger partial charge in [0, 0.05) is 10.9 Å². The Hall–Kier alpha value is -0.860. The van der Waals surface area contributed by atoms with Crippen molar-refractivity contribution in [2.24, 2.45) is 5.92 Å². The quantitative estimate of drug-likeness (QED) is 0.836. The normalized spacial score (nSPS) is 14.9. The van der Waals surface area contributed by atoms with E-state index in [1.165, 1.54) is 6.92 Å². The Labute approximate surface area is 88.5 Å². The molecule has 0 spiro atoms. The summed E-state index contributed by atoms with van der Waals surface area (Å²) in [6.07, 6.45) is -0.772. The zero-order valence-corrected chi connectivity index (χ0v) is 8.95. The lowest BCUT2D eigenvalue weighted by molar-refractivity contribution is -0.123. The number of aliphatic hydroxyl groups is 1. The van der Waals surface area contributed by atoms with E-state index in [-0.39, 0.29) is 5.78 Å². The van der Waals surface area contributed by atoms with Crippen LogP contribution in [0.5, 0.6) is 0 Å². The van der Waals surface area contributed by atoms with Gasteiger partial charge in [0.25, 0.3) is 0 Å². The number of benzene rings is 1. The molecule has 0 bridgehead atoms. The Kier molecular flexibility index (Phi) is 3.67. The molecule has 0 aliphatic rings. The predicted molar refractivity (Wildman–Crippen MR) is 56.3 cm³/mol. The maximum absolute atomic E-state index is 11.1. The van der Waals surface area contributed by atoms with Gasteiger partial charge in [-0.3, -0.25) is 4.79 Å². The molecule has 3 heteroatoms. The molecular formula is C11H13ClO2. The van der Waals surface area contributed by atoms with Crippen LogP contribution in [-0.4, -0.2) is 10.9 Å².